The fourth-order valence-corrected chi connectivity index (χ4v) is 7.70. The first kappa shape index (κ1) is 39.8. The number of carbonyl (C=O) groups is 2. The van der Waals surface area contributed by atoms with Crippen molar-refractivity contribution in [3.63, 3.8) is 0 Å². The zero-order valence-electron chi connectivity index (χ0n) is 31.4. The van der Waals surface area contributed by atoms with Crippen LogP contribution in [0.25, 0.3) is 12.2 Å². The number of ether oxygens (including phenoxy) is 2. The average Bonchev–Trinajstić information content (AvgIpc) is 3.40. The minimum Gasteiger partial charge on any atom is -0.463 e. The van der Waals surface area contributed by atoms with Gasteiger partial charge in [-0.25, -0.2) is 0 Å². The van der Waals surface area contributed by atoms with Crippen LogP contribution in [0.2, 0.25) is 0 Å². The summed E-state index contributed by atoms with van der Waals surface area (Å²) in [6.07, 6.45) is 8.08. The molecule has 10 heteroatoms. The van der Waals surface area contributed by atoms with Crippen molar-refractivity contribution < 1.29 is 29.3 Å². The molecule has 3 fully saturated rings. The summed E-state index contributed by atoms with van der Waals surface area (Å²) in [6, 6.07) is 20.5. The van der Waals surface area contributed by atoms with E-state index in [1.165, 1.54) is 11.1 Å². The smallest absolute Gasteiger partial charge is 0.312 e. The molecule has 52 heavy (non-hydrogen) atoms. The first-order valence-electron chi connectivity index (χ1n) is 19.1. The van der Waals surface area contributed by atoms with Gasteiger partial charge in [-0.3, -0.25) is 29.2 Å². The number of hydrogen-bond donors (Lipinski definition) is 2. The molecular weight excluding hydrogens is 656 g/mol. The standard InChI is InChI=1S/C42H60N4O6/c1-41(2)38(39(49)51-32-36(47)30-45-26-22-43(23-27-45)20-10-16-34-12-6-4-7-13-34)18-19-42(41,3)40(50)52-33-37(48)31-46-28-24-44(25-29-46)21-11-17-35-14-8-5-9-15-35/h4-17,36-38,47-48H,18-33H2,1-3H3/b16-10-,17-11-/t36-,37+,38+,42+/m0/s1. The first-order chi connectivity index (χ1) is 25.0. The number of rotatable bonds is 16. The summed E-state index contributed by atoms with van der Waals surface area (Å²) in [7, 11) is 0. The predicted octanol–water partition coefficient (Wildman–Crippen LogP) is 3.90. The predicted molar refractivity (Wildman–Crippen MR) is 205 cm³/mol. The van der Waals surface area contributed by atoms with Gasteiger partial charge in [-0.1, -0.05) is 98.8 Å². The normalized spacial score (nSPS) is 24.7. The lowest BCUT2D eigenvalue weighted by Gasteiger charge is -2.39. The summed E-state index contributed by atoms with van der Waals surface area (Å²) in [5, 5.41) is 21.5. The van der Waals surface area contributed by atoms with E-state index in [4.69, 9.17) is 9.47 Å². The van der Waals surface area contributed by atoms with Gasteiger partial charge in [0.25, 0.3) is 0 Å². The molecule has 2 aromatic carbocycles. The van der Waals surface area contributed by atoms with Gasteiger partial charge in [0.05, 0.1) is 11.3 Å². The SMILES string of the molecule is CC1(C)[C@@H](C(=O)OC[C@@H](O)CN2CCN(C/C=C\c3ccccc3)CC2)CC[C@]1(C)C(=O)OC[C@H](O)CN1CCN(C/C=C\c2ccccc2)CC1. The van der Waals surface area contributed by atoms with Crippen LogP contribution in [0.3, 0.4) is 0 Å². The van der Waals surface area contributed by atoms with Crippen molar-refractivity contribution in [2.75, 3.05) is 91.8 Å². The molecule has 0 bridgehead atoms. The quantitative estimate of drug-likeness (QED) is 0.249. The Morgan fingerprint density at radius 1 is 0.692 bits per heavy atom. The van der Waals surface area contributed by atoms with Crippen molar-refractivity contribution in [1.29, 1.82) is 0 Å². The molecule has 1 aliphatic carbocycles. The van der Waals surface area contributed by atoms with Gasteiger partial charge < -0.3 is 19.7 Å². The van der Waals surface area contributed by atoms with Gasteiger partial charge in [-0.05, 0) is 36.3 Å². The molecule has 2 saturated heterocycles. The third-order valence-corrected chi connectivity index (χ3v) is 11.6. The lowest BCUT2D eigenvalue weighted by molar-refractivity contribution is -0.168. The maximum atomic E-state index is 13.5. The van der Waals surface area contributed by atoms with Gasteiger partial charge in [-0.2, -0.15) is 0 Å². The molecule has 3 aliphatic rings. The van der Waals surface area contributed by atoms with E-state index in [0.717, 1.165) is 65.4 Å². The molecule has 1 saturated carbocycles. The van der Waals surface area contributed by atoms with Crippen LogP contribution in [-0.2, 0) is 19.1 Å². The molecule has 4 atom stereocenters. The van der Waals surface area contributed by atoms with Crippen molar-refractivity contribution in [3.05, 3.63) is 83.9 Å². The minimum atomic E-state index is -0.899. The minimum absolute atomic E-state index is 0.0720. The monoisotopic (exact) mass is 716 g/mol. The van der Waals surface area contributed by atoms with E-state index in [1.54, 1.807) is 0 Å². The Kier molecular flexibility index (Phi) is 14.6. The molecule has 0 aromatic heterocycles. The third-order valence-electron chi connectivity index (χ3n) is 11.6. The van der Waals surface area contributed by atoms with Crippen LogP contribution in [0.5, 0.6) is 0 Å². The van der Waals surface area contributed by atoms with Crippen LogP contribution in [0.1, 0.15) is 44.7 Å². The van der Waals surface area contributed by atoms with E-state index in [1.807, 2.05) is 57.2 Å². The van der Waals surface area contributed by atoms with E-state index in [2.05, 4.69) is 68.2 Å². The molecule has 0 unspecified atom stereocenters. The van der Waals surface area contributed by atoms with Crippen LogP contribution in [0.15, 0.2) is 72.8 Å². The van der Waals surface area contributed by atoms with Crippen molar-refractivity contribution in [3.8, 4) is 0 Å². The Morgan fingerprint density at radius 2 is 1.12 bits per heavy atom. The Bertz CT molecular complexity index is 1450. The van der Waals surface area contributed by atoms with Crippen molar-refractivity contribution >= 4 is 24.1 Å². The van der Waals surface area contributed by atoms with Crippen LogP contribution >= 0.6 is 0 Å². The Hall–Kier alpha value is -3.38. The zero-order chi connectivity index (χ0) is 37.0. The third kappa shape index (κ3) is 11.1. The summed E-state index contributed by atoms with van der Waals surface area (Å²) < 4.78 is 11.4. The second-order valence-electron chi connectivity index (χ2n) is 15.5. The Morgan fingerprint density at radius 3 is 1.58 bits per heavy atom. The molecule has 5 rings (SSSR count). The highest BCUT2D eigenvalue weighted by Gasteiger charge is 2.59. The Balaban J connectivity index is 0.966. The fourth-order valence-electron chi connectivity index (χ4n) is 7.70. The molecule has 2 aromatic rings. The van der Waals surface area contributed by atoms with Crippen LogP contribution in [-0.4, -0.2) is 146 Å². The molecule has 2 heterocycles. The van der Waals surface area contributed by atoms with E-state index in [9.17, 15) is 19.8 Å². The van der Waals surface area contributed by atoms with Gasteiger partial charge in [0, 0.05) is 78.5 Å². The summed E-state index contributed by atoms with van der Waals surface area (Å²) >= 11 is 0. The number of aliphatic hydroxyl groups excluding tert-OH is 2. The number of β-amino-alcohol motifs (C(OH)–C–C–N with tert-alkyl or cyclic N) is 2. The first-order valence-corrected chi connectivity index (χ1v) is 19.1. The average molecular weight is 717 g/mol. The topological polar surface area (TPSA) is 106 Å². The van der Waals surface area contributed by atoms with E-state index < -0.39 is 34.9 Å². The van der Waals surface area contributed by atoms with Crippen molar-refractivity contribution in [2.45, 2.75) is 45.8 Å². The van der Waals surface area contributed by atoms with Crippen molar-refractivity contribution in [2.24, 2.45) is 16.7 Å². The second-order valence-corrected chi connectivity index (χ2v) is 15.5. The molecule has 10 nitrogen and oxygen atoms in total. The molecule has 0 spiro atoms. The van der Waals surface area contributed by atoms with E-state index in [0.29, 0.717) is 25.9 Å². The number of hydrogen-bond acceptors (Lipinski definition) is 10. The van der Waals surface area contributed by atoms with Crippen LogP contribution < -0.4 is 0 Å². The van der Waals surface area contributed by atoms with Gasteiger partial charge >= 0.3 is 11.9 Å². The highest BCUT2D eigenvalue weighted by Crippen LogP contribution is 2.57. The maximum absolute atomic E-state index is 13.5. The van der Waals surface area contributed by atoms with Crippen LogP contribution in [0, 0.1) is 16.7 Å². The highest BCUT2D eigenvalue weighted by atomic mass is 16.5. The van der Waals surface area contributed by atoms with Gasteiger partial charge in [0.1, 0.15) is 25.4 Å². The lowest BCUT2D eigenvalue weighted by Crippen LogP contribution is -2.49. The van der Waals surface area contributed by atoms with Crippen molar-refractivity contribution in [1.82, 2.24) is 19.6 Å². The molecule has 0 radical (unpaired) electrons. The van der Waals surface area contributed by atoms with E-state index >= 15 is 0 Å². The number of nitrogens with zero attached hydrogens (tertiary/aromatic N) is 4. The zero-order valence-corrected chi connectivity index (χ0v) is 31.4. The molecule has 284 valence electrons. The molecular formula is C42H60N4O6. The van der Waals surface area contributed by atoms with E-state index in [-0.39, 0.29) is 19.2 Å². The lowest BCUT2D eigenvalue weighted by atomic mass is 9.65. The van der Waals surface area contributed by atoms with Gasteiger partial charge in [-0.15, -0.1) is 0 Å². The number of benzene rings is 2. The molecule has 0 amide bonds. The molecule has 2 N–H and O–H groups in total. The van der Waals surface area contributed by atoms with Crippen LogP contribution in [0.4, 0.5) is 0 Å². The number of esters is 2. The number of piperazine rings is 2. The second kappa shape index (κ2) is 19.1. The maximum Gasteiger partial charge on any atom is 0.312 e. The number of aliphatic hydroxyl groups is 2. The summed E-state index contributed by atoms with van der Waals surface area (Å²) in [6.45, 7) is 15.3. The Labute approximate surface area is 310 Å². The van der Waals surface area contributed by atoms with Gasteiger partial charge in [0.2, 0.25) is 0 Å². The highest BCUT2D eigenvalue weighted by molar-refractivity contribution is 5.82. The summed E-state index contributed by atoms with van der Waals surface area (Å²) in [5.41, 5.74) is 0.774. The molecule has 2 aliphatic heterocycles. The fraction of sp³-hybridized carbons (Fsp3) is 0.571. The summed E-state index contributed by atoms with van der Waals surface area (Å²) in [4.78, 5) is 36.0. The summed E-state index contributed by atoms with van der Waals surface area (Å²) in [5.74, 6) is -1.27. The number of carbonyl (C=O) groups excluding carboxylic acids is 2. The van der Waals surface area contributed by atoms with Gasteiger partial charge in [0.15, 0.2) is 0 Å². The largest absolute Gasteiger partial charge is 0.463 e.